The second-order valence-electron chi connectivity index (χ2n) is 4.12. The van der Waals surface area contributed by atoms with Gasteiger partial charge in [0.05, 0.1) is 5.69 Å². The van der Waals surface area contributed by atoms with Crippen molar-refractivity contribution in [2.75, 3.05) is 18.2 Å². The van der Waals surface area contributed by atoms with E-state index in [4.69, 9.17) is 5.73 Å². The van der Waals surface area contributed by atoms with Gasteiger partial charge in [0.2, 0.25) is 11.8 Å². The fraction of sp³-hybridized carbons (Fsp3) is 0.333. The Bertz CT molecular complexity index is 518. The number of anilines is 1. The molecule has 1 aliphatic rings. The van der Waals surface area contributed by atoms with E-state index in [0.29, 0.717) is 11.3 Å². The number of aliphatic hydroxyl groups is 1. The van der Waals surface area contributed by atoms with E-state index in [1.807, 2.05) is 18.4 Å². The van der Waals surface area contributed by atoms with Gasteiger partial charge in [-0.25, -0.2) is 0 Å². The molecule has 3 N–H and O–H groups in total. The van der Waals surface area contributed by atoms with Gasteiger partial charge in [0.25, 0.3) is 0 Å². The van der Waals surface area contributed by atoms with Crippen molar-refractivity contribution in [2.24, 2.45) is 11.7 Å². The number of primary amides is 1. The van der Waals surface area contributed by atoms with Crippen molar-refractivity contribution in [1.82, 2.24) is 0 Å². The van der Waals surface area contributed by atoms with E-state index in [9.17, 15) is 14.7 Å². The largest absolute Gasteiger partial charge is 0.387 e. The van der Waals surface area contributed by atoms with Gasteiger partial charge in [0.15, 0.2) is 0 Å². The third kappa shape index (κ3) is 1.77. The molecule has 0 aromatic heterocycles. The summed E-state index contributed by atoms with van der Waals surface area (Å²) in [5.41, 5.74) is 6.42. The van der Waals surface area contributed by atoms with E-state index in [0.717, 1.165) is 4.90 Å². The van der Waals surface area contributed by atoms with Gasteiger partial charge >= 0.3 is 0 Å². The molecule has 0 radical (unpaired) electrons. The number of thioether (sulfide) groups is 1. The molecule has 2 unspecified atom stereocenters. The highest BCUT2D eigenvalue weighted by Gasteiger charge is 2.42. The predicted octanol–water partition coefficient (Wildman–Crippen LogP) is 0.520. The summed E-state index contributed by atoms with van der Waals surface area (Å²) in [5.74, 6) is -2.49. The van der Waals surface area contributed by atoms with Crippen LogP contribution in [-0.2, 0) is 9.59 Å². The predicted molar refractivity (Wildman–Crippen MR) is 69.3 cm³/mol. The smallest absolute Gasteiger partial charge is 0.242 e. The van der Waals surface area contributed by atoms with Crippen LogP contribution in [0, 0.1) is 5.92 Å². The molecule has 1 aromatic rings. The molecule has 0 aliphatic carbocycles. The number of fused-ring (bicyclic) bond motifs is 1. The first kappa shape index (κ1) is 12.9. The molecule has 1 aliphatic heterocycles. The molecular weight excluding hydrogens is 252 g/mol. The number of hydrogen-bond donors (Lipinski definition) is 2. The highest BCUT2D eigenvalue weighted by atomic mass is 32.2. The summed E-state index contributed by atoms with van der Waals surface area (Å²) in [6.45, 7) is 0. The molecule has 0 spiro atoms. The van der Waals surface area contributed by atoms with Crippen molar-refractivity contribution in [3.8, 4) is 0 Å². The summed E-state index contributed by atoms with van der Waals surface area (Å²) in [5, 5.41) is 10.2. The highest BCUT2D eigenvalue weighted by molar-refractivity contribution is 7.98. The van der Waals surface area contributed by atoms with E-state index in [1.54, 1.807) is 13.1 Å². The fourth-order valence-corrected chi connectivity index (χ4v) is 2.87. The number of hydrogen-bond acceptors (Lipinski definition) is 4. The van der Waals surface area contributed by atoms with Crippen LogP contribution < -0.4 is 10.6 Å². The van der Waals surface area contributed by atoms with Gasteiger partial charge in [-0.15, -0.1) is 11.8 Å². The SMILES string of the molecule is CSc1cccc2c1C(O)C(C(N)=O)C(=O)N2C. The topological polar surface area (TPSA) is 83.6 Å². The van der Waals surface area contributed by atoms with Crippen molar-refractivity contribution >= 4 is 29.3 Å². The van der Waals surface area contributed by atoms with Gasteiger partial charge in [0, 0.05) is 17.5 Å². The monoisotopic (exact) mass is 266 g/mol. The summed E-state index contributed by atoms with van der Waals surface area (Å²) in [4.78, 5) is 25.5. The van der Waals surface area contributed by atoms with E-state index in [-0.39, 0.29) is 0 Å². The average molecular weight is 266 g/mol. The van der Waals surface area contributed by atoms with Crippen molar-refractivity contribution in [3.05, 3.63) is 23.8 Å². The molecule has 0 bridgehead atoms. The standard InChI is InChI=1S/C12H14N2O3S/c1-14-6-4-3-5-7(18-2)8(6)10(15)9(11(13)16)12(14)17/h3-5,9-10,15H,1-2H3,(H2,13,16). The third-order valence-corrected chi connectivity index (χ3v) is 3.93. The molecule has 0 saturated carbocycles. The Morgan fingerprint density at radius 1 is 1.50 bits per heavy atom. The molecule has 2 atom stereocenters. The molecule has 1 aromatic carbocycles. The van der Waals surface area contributed by atoms with Crippen LogP contribution in [-0.4, -0.2) is 30.2 Å². The van der Waals surface area contributed by atoms with Crippen LogP contribution in [0.3, 0.4) is 0 Å². The number of nitrogens with two attached hydrogens (primary N) is 1. The van der Waals surface area contributed by atoms with Gasteiger partial charge in [0.1, 0.15) is 12.0 Å². The second-order valence-corrected chi connectivity index (χ2v) is 4.96. The lowest BCUT2D eigenvalue weighted by atomic mass is 9.88. The summed E-state index contributed by atoms with van der Waals surface area (Å²) in [7, 11) is 1.58. The quantitative estimate of drug-likeness (QED) is 0.604. The van der Waals surface area contributed by atoms with Crippen LogP contribution >= 0.6 is 11.8 Å². The summed E-state index contributed by atoms with van der Waals surface area (Å²) < 4.78 is 0. The van der Waals surface area contributed by atoms with Crippen LogP contribution in [0.5, 0.6) is 0 Å². The molecule has 5 nitrogen and oxygen atoms in total. The number of carbonyl (C=O) groups is 2. The molecule has 2 rings (SSSR count). The average Bonchev–Trinajstić information content (AvgIpc) is 2.34. The first-order valence-corrected chi connectivity index (χ1v) is 6.63. The first-order valence-electron chi connectivity index (χ1n) is 5.41. The zero-order valence-corrected chi connectivity index (χ0v) is 10.9. The van der Waals surface area contributed by atoms with Gasteiger partial charge in [-0.3, -0.25) is 9.59 Å². The molecular formula is C12H14N2O3S. The molecule has 18 heavy (non-hydrogen) atoms. The first-order chi connectivity index (χ1) is 8.49. The maximum atomic E-state index is 12.0. The fourth-order valence-electron chi connectivity index (χ4n) is 2.21. The maximum Gasteiger partial charge on any atom is 0.242 e. The normalized spacial score (nSPS) is 22.8. The second kappa shape index (κ2) is 4.62. The molecule has 0 saturated heterocycles. The van der Waals surface area contributed by atoms with E-state index in [1.165, 1.54) is 16.7 Å². The lowest BCUT2D eigenvalue weighted by molar-refractivity contribution is -0.137. The number of nitrogens with zero attached hydrogens (tertiary/aromatic N) is 1. The van der Waals surface area contributed by atoms with Crippen molar-refractivity contribution in [2.45, 2.75) is 11.0 Å². The Morgan fingerprint density at radius 3 is 2.72 bits per heavy atom. The van der Waals surface area contributed by atoms with Gasteiger partial charge in [-0.2, -0.15) is 0 Å². The third-order valence-electron chi connectivity index (χ3n) is 3.14. The Kier molecular flexibility index (Phi) is 3.32. The summed E-state index contributed by atoms with van der Waals surface area (Å²) >= 11 is 1.45. The van der Waals surface area contributed by atoms with Crippen molar-refractivity contribution < 1.29 is 14.7 Å². The Morgan fingerprint density at radius 2 is 2.17 bits per heavy atom. The van der Waals surface area contributed by atoms with Crippen LogP contribution in [0.1, 0.15) is 11.7 Å². The summed E-state index contributed by atoms with van der Waals surface area (Å²) in [6, 6.07) is 5.40. The molecule has 1 heterocycles. The number of rotatable bonds is 2. The van der Waals surface area contributed by atoms with Crippen LogP contribution in [0.4, 0.5) is 5.69 Å². The minimum Gasteiger partial charge on any atom is -0.387 e. The van der Waals surface area contributed by atoms with E-state index >= 15 is 0 Å². The molecule has 96 valence electrons. The van der Waals surface area contributed by atoms with Crippen molar-refractivity contribution in [1.29, 1.82) is 0 Å². The summed E-state index contributed by atoms with van der Waals surface area (Å²) in [6.07, 6.45) is 0.697. The molecule has 2 amide bonds. The minimum absolute atomic E-state index is 0.472. The molecule has 6 heteroatoms. The van der Waals surface area contributed by atoms with Gasteiger partial charge < -0.3 is 15.7 Å². The number of carbonyl (C=O) groups excluding carboxylic acids is 2. The number of aliphatic hydroxyl groups excluding tert-OH is 1. The Labute approximate surface area is 109 Å². The van der Waals surface area contributed by atoms with Crippen LogP contribution in [0.2, 0.25) is 0 Å². The Balaban J connectivity index is 2.64. The van der Waals surface area contributed by atoms with Gasteiger partial charge in [-0.05, 0) is 18.4 Å². The number of benzene rings is 1. The van der Waals surface area contributed by atoms with Crippen LogP contribution in [0.25, 0.3) is 0 Å². The zero-order valence-electron chi connectivity index (χ0n) is 10.1. The van der Waals surface area contributed by atoms with E-state index < -0.39 is 23.8 Å². The van der Waals surface area contributed by atoms with Crippen molar-refractivity contribution in [3.63, 3.8) is 0 Å². The van der Waals surface area contributed by atoms with Crippen LogP contribution in [0.15, 0.2) is 23.1 Å². The zero-order chi connectivity index (χ0) is 13.4. The van der Waals surface area contributed by atoms with Gasteiger partial charge in [-0.1, -0.05) is 6.07 Å². The van der Waals surface area contributed by atoms with E-state index in [2.05, 4.69) is 0 Å². The lowest BCUT2D eigenvalue weighted by Gasteiger charge is -2.34. The highest BCUT2D eigenvalue weighted by Crippen LogP contribution is 2.41. The lowest BCUT2D eigenvalue weighted by Crippen LogP contribution is -2.47. The maximum absolute atomic E-state index is 12.0. The minimum atomic E-state index is -1.21. The Hall–Kier alpha value is -1.53. The molecule has 0 fully saturated rings. The number of amides is 2.